The Morgan fingerprint density at radius 2 is 2.15 bits per heavy atom. The SMILES string of the molecule is NC(=O)CCNC(=O)c1ccc(C#CCCO)cc1F. The summed E-state index contributed by atoms with van der Waals surface area (Å²) < 4.78 is 13.7. The number of halogens is 1. The second-order valence-electron chi connectivity index (χ2n) is 3.94. The summed E-state index contributed by atoms with van der Waals surface area (Å²) in [5.41, 5.74) is 5.23. The highest BCUT2D eigenvalue weighted by molar-refractivity contribution is 5.94. The van der Waals surface area contributed by atoms with Gasteiger partial charge in [-0.3, -0.25) is 9.59 Å². The molecule has 0 aliphatic heterocycles. The first kappa shape index (κ1) is 15.7. The minimum Gasteiger partial charge on any atom is -0.395 e. The maximum absolute atomic E-state index is 13.7. The van der Waals surface area contributed by atoms with Crippen LogP contribution in [0.15, 0.2) is 18.2 Å². The van der Waals surface area contributed by atoms with Crippen LogP contribution in [0.4, 0.5) is 4.39 Å². The summed E-state index contributed by atoms with van der Waals surface area (Å²) >= 11 is 0. The lowest BCUT2D eigenvalue weighted by atomic mass is 10.1. The summed E-state index contributed by atoms with van der Waals surface area (Å²) in [4.78, 5) is 22.2. The van der Waals surface area contributed by atoms with Gasteiger partial charge in [-0.25, -0.2) is 4.39 Å². The van der Waals surface area contributed by atoms with E-state index in [1.54, 1.807) is 0 Å². The van der Waals surface area contributed by atoms with Crippen molar-refractivity contribution in [3.05, 3.63) is 35.1 Å². The van der Waals surface area contributed by atoms with Crippen LogP contribution in [0.1, 0.15) is 28.8 Å². The fourth-order valence-electron chi connectivity index (χ4n) is 1.39. The highest BCUT2D eigenvalue weighted by atomic mass is 19.1. The average Bonchev–Trinajstić information content (AvgIpc) is 2.38. The van der Waals surface area contributed by atoms with Crippen molar-refractivity contribution in [2.75, 3.05) is 13.2 Å². The number of aliphatic hydroxyl groups is 1. The molecule has 0 bridgehead atoms. The van der Waals surface area contributed by atoms with Crippen molar-refractivity contribution in [3.63, 3.8) is 0 Å². The van der Waals surface area contributed by atoms with Crippen molar-refractivity contribution in [2.24, 2.45) is 5.73 Å². The van der Waals surface area contributed by atoms with Crippen LogP contribution in [-0.2, 0) is 4.79 Å². The van der Waals surface area contributed by atoms with Crippen LogP contribution in [0.3, 0.4) is 0 Å². The number of amides is 2. The van der Waals surface area contributed by atoms with Gasteiger partial charge in [0.1, 0.15) is 5.82 Å². The zero-order valence-corrected chi connectivity index (χ0v) is 10.8. The maximum Gasteiger partial charge on any atom is 0.254 e. The molecule has 0 atom stereocenters. The number of carbonyl (C=O) groups is 2. The molecular weight excluding hydrogens is 263 g/mol. The number of carbonyl (C=O) groups excluding carboxylic acids is 2. The van der Waals surface area contributed by atoms with Gasteiger partial charge in [0, 0.05) is 24.9 Å². The second-order valence-corrected chi connectivity index (χ2v) is 3.94. The molecule has 0 spiro atoms. The van der Waals surface area contributed by atoms with E-state index in [0.29, 0.717) is 12.0 Å². The van der Waals surface area contributed by atoms with E-state index in [1.165, 1.54) is 12.1 Å². The Morgan fingerprint density at radius 3 is 2.75 bits per heavy atom. The molecule has 106 valence electrons. The van der Waals surface area contributed by atoms with E-state index < -0.39 is 17.6 Å². The molecule has 0 heterocycles. The highest BCUT2D eigenvalue weighted by Crippen LogP contribution is 2.10. The van der Waals surface area contributed by atoms with Crippen LogP contribution >= 0.6 is 0 Å². The first-order chi connectivity index (χ1) is 9.54. The van der Waals surface area contributed by atoms with E-state index in [-0.39, 0.29) is 25.1 Å². The summed E-state index contributed by atoms with van der Waals surface area (Å²) in [5, 5.41) is 11.0. The zero-order valence-electron chi connectivity index (χ0n) is 10.8. The maximum atomic E-state index is 13.7. The zero-order chi connectivity index (χ0) is 15.0. The Hall–Kier alpha value is -2.39. The molecule has 0 aromatic heterocycles. The Balaban J connectivity index is 2.70. The second kappa shape index (κ2) is 7.92. The van der Waals surface area contributed by atoms with Crippen molar-refractivity contribution in [1.82, 2.24) is 5.32 Å². The third-order valence-corrected chi connectivity index (χ3v) is 2.34. The third-order valence-electron chi connectivity index (χ3n) is 2.34. The van der Waals surface area contributed by atoms with E-state index >= 15 is 0 Å². The summed E-state index contributed by atoms with van der Waals surface area (Å²) in [5.74, 6) is 3.47. The summed E-state index contributed by atoms with van der Waals surface area (Å²) in [6.45, 7) is 0.00149. The van der Waals surface area contributed by atoms with Crippen LogP contribution in [0, 0.1) is 17.7 Å². The number of nitrogens with one attached hydrogen (secondary N) is 1. The molecule has 5 nitrogen and oxygen atoms in total. The van der Waals surface area contributed by atoms with Gasteiger partial charge in [-0.2, -0.15) is 0 Å². The monoisotopic (exact) mass is 278 g/mol. The molecule has 0 radical (unpaired) electrons. The lowest BCUT2D eigenvalue weighted by molar-refractivity contribution is -0.117. The smallest absolute Gasteiger partial charge is 0.254 e. The van der Waals surface area contributed by atoms with Gasteiger partial charge in [-0.1, -0.05) is 11.8 Å². The minimum atomic E-state index is -0.697. The van der Waals surface area contributed by atoms with Crippen LogP contribution in [0.25, 0.3) is 0 Å². The van der Waals surface area contributed by atoms with Gasteiger partial charge >= 0.3 is 0 Å². The van der Waals surface area contributed by atoms with Gasteiger partial charge < -0.3 is 16.2 Å². The van der Waals surface area contributed by atoms with E-state index in [4.69, 9.17) is 10.8 Å². The number of hydrogen-bond acceptors (Lipinski definition) is 3. The van der Waals surface area contributed by atoms with Gasteiger partial charge in [0.2, 0.25) is 5.91 Å². The molecular formula is C14H15FN2O3. The molecule has 6 heteroatoms. The van der Waals surface area contributed by atoms with Gasteiger partial charge in [0.05, 0.1) is 12.2 Å². The number of nitrogens with two attached hydrogens (primary N) is 1. The molecule has 2 amide bonds. The average molecular weight is 278 g/mol. The first-order valence-corrected chi connectivity index (χ1v) is 6.00. The molecule has 1 aromatic rings. The normalized spacial score (nSPS) is 9.50. The number of rotatable bonds is 5. The number of hydrogen-bond donors (Lipinski definition) is 3. The lowest BCUT2D eigenvalue weighted by Gasteiger charge is -2.05. The molecule has 0 saturated carbocycles. The molecule has 0 aliphatic rings. The Bertz CT molecular complexity index is 561. The largest absolute Gasteiger partial charge is 0.395 e. The topological polar surface area (TPSA) is 92.4 Å². The van der Waals surface area contributed by atoms with Gasteiger partial charge in [-0.15, -0.1) is 0 Å². The van der Waals surface area contributed by atoms with Crippen molar-refractivity contribution >= 4 is 11.8 Å². The lowest BCUT2D eigenvalue weighted by Crippen LogP contribution is -2.28. The molecule has 0 unspecified atom stereocenters. The molecule has 20 heavy (non-hydrogen) atoms. The highest BCUT2D eigenvalue weighted by Gasteiger charge is 2.11. The molecule has 0 aliphatic carbocycles. The Kier molecular flexibility index (Phi) is 6.20. The third kappa shape index (κ3) is 5.08. The van der Waals surface area contributed by atoms with Crippen LogP contribution in [0.5, 0.6) is 0 Å². The molecule has 0 saturated heterocycles. The van der Waals surface area contributed by atoms with Crippen LogP contribution in [0.2, 0.25) is 0 Å². The van der Waals surface area contributed by atoms with E-state index in [9.17, 15) is 14.0 Å². The van der Waals surface area contributed by atoms with Crippen molar-refractivity contribution in [1.29, 1.82) is 0 Å². The first-order valence-electron chi connectivity index (χ1n) is 6.00. The molecule has 1 aromatic carbocycles. The standard InChI is InChI=1S/C14H15FN2O3/c15-12-9-10(3-1-2-8-18)4-5-11(12)14(20)17-7-6-13(16)19/h4-5,9,18H,2,6-8H2,(H2,16,19)(H,17,20). The minimum absolute atomic E-state index is 0.00191. The molecule has 4 N–H and O–H groups in total. The van der Waals surface area contributed by atoms with Crippen LogP contribution in [-0.4, -0.2) is 30.1 Å². The number of aliphatic hydroxyl groups excluding tert-OH is 1. The van der Waals surface area contributed by atoms with E-state index in [0.717, 1.165) is 6.07 Å². The quantitative estimate of drug-likeness (QED) is 0.670. The van der Waals surface area contributed by atoms with Crippen molar-refractivity contribution < 1.29 is 19.1 Å². The van der Waals surface area contributed by atoms with Crippen molar-refractivity contribution in [2.45, 2.75) is 12.8 Å². The fourth-order valence-corrected chi connectivity index (χ4v) is 1.39. The van der Waals surface area contributed by atoms with Gasteiger partial charge in [0.25, 0.3) is 5.91 Å². The Labute approximate surface area is 116 Å². The Morgan fingerprint density at radius 1 is 1.40 bits per heavy atom. The van der Waals surface area contributed by atoms with E-state index in [2.05, 4.69) is 17.2 Å². The van der Waals surface area contributed by atoms with Crippen LogP contribution < -0.4 is 11.1 Å². The fraction of sp³-hybridized carbons (Fsp3) is 0.286. The summed E-state index contributed by atoms with van der Waals surface area (Å²) in [6, 6.07) is 3.97. The van der Waals surface area contributed by atoms with Gasteiger partial charge in [0.15, 0.2) is 0 Å². The molecule has 1 rings (SSSR count). The molecule has 0 fully saturated rings. The van der Waals surface area contributed by atoms with Crippen molar-refractivity contribution in [3.8, 4) is 11.8 Å². The van der Waals surface area contributed by atoms with Gasteiger partial charge in [-0.05, 0) is 18.2 Å². The summed E-state index contributed by atoms with van der Waals surface area (Å²) in [6.07, 6.45) is 0.301. The predicted octanol–water partition coefficient (Wildman–Crippen LogP) is 0.165. The summed E-state index contributed by atoms with van der Waals surface area (Å²) in [7, 11) is 0. The number of primary amides is 1. The number of benzene rings is 1. The predicted molar refractivity (Wildman–Crippen MR) is 71.1 cm³/mol. The van der Waals surface area contributed by atoms with E-state index in [1.807, 2.05) is 0 Å².